The molecule has 0 saturated carbocycles. The molecule has 59 heavy (non-hydrogen) atoms. The van der Waals surface area contributed by atoms with E-state index in [2.05, 4.69) is 0 Å². The second-order valence-corrected chi connectivity index (χ2v) is 19.9. The summed E-state index contributed by atoms with van der Waals surface area (Å²) in [6.07, 6.45) is 2.57. The molecule has 1 spiro atoms. The van der Waals surface area contributed by atoms with Crippen LogP contribution in [0.4, 0.5) is 9.80 Å². The van der Waals surface area contributed by atoms with E-state index in [0.717, 1.165) is 11.1 Å². The lowest BCUT2D eigenvalue weighted by Gasteiger charge is -2.37. The number of fused-ring (bicyclic) bond motifs is 3. The number of hydrogen-bond acceptors (Lipinski definition) is 8. The van der Waals surface area contributed by atoms with Crippen molar-refractivity contribution in [1.29, 1.82) is 0 Å². The molecular weight excluding hydrogens is 772 g/mol. The molecule has 12 nitrogen and oxygen atoms in total. The Morgan fingerprint density at radius 1 is 0.864 bits per heavy atom. The van der Waals surface area contributed by atoms with Crippen molar-refractivity contribution >= 4 is 25.9 Å². The number of methoxy groups -OCH3 is 2. The molecule has 5 heterocycles. The highest BCUT2D eigenvalue weighted by Crippen LogP contribution is 2.60. The van der Waals surface area contributed by atoms with Gasteiger partial charge in [0, 0.05) is 47.3 Å². The summed E-state index contributed by atoms with van der Waals surface area (Å²) < 4.78 is 37.3. The summed E-state index contributed by atoms with van der Waals surface area (Å²) in [5.41, 5.74) is 1.50. The van der Waals surface area contributed by atoms with Gasteiger partial charge >= 0.3 is 0 Å². The monoisotopic (exact) mass is 818 g/mol. The van der Waals surface area contributed by atoms with Gasteiger partial charge in [0.1, 0.15) is 0 Å². The van der Waals surface area contributed by atoms with Crippen molar-refractivity contribution < 1.29 is 33.0 Å². The van der Waals surface area contributed by atoms with Crippen molar-refractivity contribution in [2.24, 2.45) is 5.92 Å². The Kier molecular flexibility index (Phi) is 10.4. The van der Waals surface area contributed by atoms with Crippen molar-refractivity contribution in [2.45, 2.75) is 69.2 Å². The average Bonchev–Trinajstić information content (AvgIpc) is 3.65. The van der Waals surface area contributed by atoms with Gasteiger partial charge < -0.3 is 33.2 Å². The molecule has 3 aromatic carbocycles. The molecule has 2 amide bonds. The lowest BCUT2D eigenvalue weighted by atomic mass is 9.82. The maximum Gasteiger partial charge on any atom is 0.297 e. The second kappa shape index (κ2) is 15.4. The number of aliphatic hydroxyl groups excluding tert-OH is 1. The standard InChI is InChI=1S/C45H47FN4O8Si/c1-28-41(59(4,5)46)39(24-40(52)49-26-31-13-7-6-12-30(31)22-34(49)27-51)58-45(28)35-23-33(48-20-10-16-38(57-3)43(48)54)17-18-36(35)50(44(45)55)25-29-11-8-14-32(21-29)47-19-9-15-37(56-2)42(47)53/h6-21,23,28,34,39,41,51H,22,24-27H2,1-5H3/t28-,34-,39+,41-,45+/m0/s1. The lowest BCUT2D eigenvalue weighted by molar-refractivity contribution is -0.151. The Hall–Kier alpha value is -5.83. The van der Waals surface area contributed by atoms with Crippen LogP contribution >= 0.6 is 0 Å². The van der Waals surface area contributed by atoms with Gasteiger partial charge in [0.15, 0.2) is 17.1 Å². The molecule has 1 N–H and O–H groups in total. The molecule has 2 aromatic heterocycles. The van der Waals surface area contributed by atoms with Gasteiger partial charge in [-0.05, 0) is 90.8 Å². The van der Waals surface area contributed by atoms with E-state index in [0.29, 0.717) is 41.2 Å². The maximum absolute atomic E-state index is 16.9. The number of nitrogens with zero attached hydrogens (tertiary/aromatic N) is 4. The van der Waals surface area contributed by atoms with E-state index in [1.54, 1.807) is 89.9 Å². The van der Waals surface area contributed by atoms with E-state index in [-0.39, 0.29) is 42.5 Å². The minimum Gasteiger partial charge on any atom is -0.491 e. The Balaban J connectivity index is 1.21. The van der Waals surface area contributed by atoms with Gasteiger partial charge in [-0.3, -0.25) is 28.3 Å². The van der Waals surface area contributed by atoms with Crippen LogP contribution in [0.25, 0.3) is 11.4 Å². The van der Waals surface area contributed by atoms with E-state index < -0.39 is 49.1 Å². The predicted molar refractivity (Wildman–Crippen MR) is 223 cm³/mol. The number of aromatic nitrogens is 2. The molecule has 8 rings (SSSR count). The van der Waals surface area contributed by atoms with Gasteiger partial charge in [0.05, 0.1) is 51.6 Å². The van der Waals surface area contributed by atoms with Gasteiger partial charge in [-0.1, -0.05) is 43.3 Å². The number of ether oxygens (including phenoxy) is 3. The van der Waals surface area contributed by atoms with Crippen molar-refractivity contribution in [3.63, 3.8) is 0 Å². The van der Waals surface area contributed by atoms with Crippen LogP contribution in [0, 0.1) is 5.92 Å². The van der Waals surface area contributed by atoms with Crippen LogP contribution in [0.2, 0.25) is 18.6 Å². The van der Waals surface area contributed by atoms with Crippen molar-refractivity contribution in [1.82, 2.24) is 14.0 Å². The summed E-state index contributed by atoms with van der Waals surface area (Å²) >= 11 is 0. The summed E-state index contributed by atoms with van der Waals surface area (Å²) in [7, 11) is -0.830. The zero-order chi connectivity index (χ0) is 41.8. The van der Waals surface area contributed by atoms with Gasteiger partial charge in [0.2, 0.25) is 14.3 Å². The minimum atomic E-state index is -3.68. The number of pyridine rings is 2. The molecule has 5 aromatic rings. The number of benzene rings is 3. The molecule has 0 aliphatic carbocycles. The summed E-state index contributed by atoms with van der Waals surface area (Å²) in [5, 5.41) is 10.4. The highest BCUT2D eigenvalue weighted by Gasteiger charge is 2.67. The van der Waals surface area contributed by atoms with E-state index in [1.165, 1.54) is 23.4 Å². The Morgan fingerprint density at radius 3 is 2.14 bits per heavy atom. The zero-order valence-electron chi connectivity index (χ0n) is 33.6. The number of anilines is 1. The highest BCUT2D eigenvalue weighted by molar-refractivity contribution is 6.72. The number of halogens is 1. The van der Waals surface area contributed by atoms with E-state index in [1.807, 2.05) is 43.3 Å². The van der Waals surface area contributed by atoms with Gasteiger partial charge in [0.25, 0.3) is 17.0 Å². The third-order valence-corrected chi connectivity index (χ3v) is 14.7. The Bertz CT molecular complexity index is 2570. The molecule has 14 heteroatoms. The molecule has 0 radical (unpaired) electrons. The summed E-state index contributed by atoms with van der Waals surface area (Å²) in [4.78, 5) is 59.6. The third-order valence-electron chi connectivity index (χ3n) is 12.3. The van der Waals surface area contributed by atoms with E-state index >= 15 is 8.90 Å². The van der Waals surface area contributed by atoms with E-state index in [9.17, 15) is 19.5 Å². The second-order valence-electron chi connectivity index (χ2n) is 16.1. The SMILES string of the molecule is COc1cccn(-c2cccc(CN3C(=O)[C@]4(O[C@H](CC(=O)N5Cc6ccccc6C[C@H]5CO)[C@@H]([Si](C)(C)F)[C@@H]4C)c4cc(-n5cccc(OC)c5=O)ccc43)c2)c1=O. The normalized spacial score (nSPS) is 22.4. The van der Waals surface area contributed by atoms with Crippen LogP contribution < -0.4 is 25.5 Å². The summed E-state index contributed by atoms with van der Waals surface area (Å²) in [6.45, 7) is 5.12. The van der Waals surface area contributed by atoms with Gasteiger partial charge in [-0.2, -0.15) is 0 Å². The van der Waals surface area contributed by atoms with Crippen molar-refractivity contribution in [2.75, 3.05) is 25.7 Å². The number of hydrogen-bond donors (Lipinski definition) is 1. The predicted octanol–water partition coefficient (Wildman–Crippen LogP) is 5.66. The van der Waals surface area contributed by atoms with Crippen LogP contribution in [0.1, 0.15) is 35.6 Å². The van der Waals surface area contributed by atoms with Crippen LogP contribution in [0.15, 0.2) is 113 Å². The van der Waals surface area contributed by atoms with E-state index in [4.69, 9.17) is 14.2 Å². The van der Waals surface area contributed by atoms with Crippen molar-refractivity contribution in [3.05, 3.63) is 146 Å². The largest absolute Gasteiger partial charge is 0.491 e. The van der Waals surface area contributed by atoms with Gasteiger partial charge in [-0.15, -0.1) is 0 Å². The first kappa shape index (κ1) is 40.0. The minimum absolute atomic E-state index is 0.0742. The third kappa shape index (κ3) is 6.78. The molecular formula is C45H47FN4O8Si. The molecule has 0 bridgehead atoms. The molecule has 1 fully saturated rings. The first-order chi connectivity index (χ1) is 28.3. The summed E-state index contributed by atoms with van der Waals surface area (Å²) in [5.74, 6) is -1.12. The molecule has 306 valence electrons. The molecule has 0 unspecified atom stereocenters. The van der Waals surface area contributed by atoms with Crippen molar-refractivity contribution in [3.8, 4) is 22.9 Å². The number of carbonyl (C=O) groups excluding carboxylic acids is 2. The van der Waals surface area contributed by atoms with Gasteiger partial charge in [-0.25, -0.2) is 0 Å². The average molecular weight is 819 g/mol. The molecule has 3 aliphatic heterocycles. The fourth-order valence-electron chi connectivity index (χ4n) is 9.53. The lowest BCUT2D eigenvalue weighted by Crippen LogP contribution is -2.48. The Morgan fingerprint density at radius 2 is 1.51 bits per heavy atom. The quantitative estimate of drug-likeness (QED) is 0.141. The van der Waals surface area contributed by atoms with Crippen LogP contribution in [0.3, 0.4) is 0 Å². The topological polar surface area (TPSA) is 133 Å². The number of rotatable bonds is 10. The summed E-state index contributed by atoms with van der Waals surface area (Å²) in [6, 6.07) is 26.4. The number of carbonyl (C=O) groups is 2. The van der Waals surface area contributed by atoms with Crippen LogP contribution in [-0.4, -0.2) is 72.3 Å². The Labute approximate surface area is 342 Å². The molecule has 5 atom stereocenters. The highest BCUT2D eigenvalue weighted by atomic mass is 28.4. The zero-order valence-corrected chi connectivity index (χ0v) is 34.6. The first-order valence-corrected chi connectivity index (χ1v) is 22.7. The molecule has 3 aliphatic rings. The maximum atomic E-state index is 16.9. The van der Waals surface area contributed by atoms with Crippen LogP contribution in [0.5, 0.6) is 11.5 Å². The van der Waals surface area contributed by atoms with Crippen LogP contribution in [-0.2, 0) is 39.4 Å². The number of amides is 2. The number of aliphatic hydroxyl groups is 1. The fraction of sp³-hybridized carbons (Fsp3) is 0.333. The first-order valence-electron chi connectivity index (χ1n) is 19.7. The smallest absolute Gasteiger partial charge is 0.297 e. The molecule has 1 saturated heterocycles. The fourth-order valence-corrected chi connectivity index (χ4v) is 12.0.